The van der Waals surface area contributed by atoms with Gasteiger partial charge < -0.3 is 11.5 Å². The third-order valence-corrected chi connectivity index (χ3v) is 1.89. The molecular weight excluding hydrogens is 152 g/mol. The van der Waals surface area contributed by atoms with Crippen LogP contribution in [0, 0.1) is 0 Å². The zero-order valence-electron chi connectivity index (χ0n) is 7.88. The van der Waals surface area contributed by atoms with Crippen molar-refractivity contribution in [2.75, 3.05) is 0 Å². The Morgan fingerprint density at radius 2 is 2.00 bits per heavy atom. The van der Waals surface area contributed by atoms with E-state index >= 15 is 0 Å². The summed E-state index contributed by atoms with van der Waals surface area (Å²) in [7, 11) is 0. The minimum absolute atomic E-state index is 0.0284. The van der Waals surface area contributed by atoms with Crippen molar-refractivity contribution >= 4 is 5.91 Å². The predicted octanol–water partition coefficient (Wildman–Crippen LogP) is 1.16. The highest BCUT2D eigenvalue weighted by Crippen LogP contribution is 2.05. The molecule has 0 bridgehead atoms. The van der Waals surface area contributed by atoms with Crippen molar-refractivity contribution in [1.82, 2.24) is 0 Å². The molecule has 0 fully saturated rings. The predicted molar refractivity (Wildman–Crippen MR) is 50.5 cm³/mol. The summed E-state index contributed by atoms with van der Waals surface area (Å²) in [6.07, 6.45) is 6.05. The molecule has 72 valence electrons. The summed E-state index contributed by atoms with van der Waals surface area (Å²) in [5.41, 5.74) is 10.7. The van der Waals surface area contributed by atoms with E-state index in [1.807, 2.05) is 0 Å². The normalized spacial score (nSPS) is 12.8. The van der Waals surface area contributed by atoms with Gasteiger partial charge in [0.05, 0.1) is 0 Å². The van der Waals surface area contributed by atoms with E-state index < -0.39 is 0 Å². The molecule has 0 heterocycles. The Morgan fingerprint density at radius 1 is 1.33 bits per heavy atom. The Labute approximate surface area is 74.5 Å². The minimum Gasteiger partial charge on any atom is -0.370 e. The van der Waals surface area contributed by atoms with Crippen molar-refractivity contribution in [3.8, 4) is 0 Å². The maximum atomic E-state index is 10.4. The molecule has 0 saturated heterocycles. The molecule has 0 aliphatic rings. The van der Waals surface area contributed by atoms with E-state index in [-0.39, 0.29) is 11.9 Å². The average molecular weight is 172 g/mol. The van der Waals surface area contributed by atoms with Gasteiger partial charge in [0.25, 0.3) is 0 Å². The fourth-order valence-corrected chi connectivity index (χ4v) is 1.19. The van der Waals surface area contributed by atoms with Crippen LogP contribution in [-0.2, 0) is 4.79 Å². The third-order valence-electron chi connectivity index (χ3n) is 1.89. The number of nitrogens with two attached hydrogens (primary N) is 2. The van der Waals surface area contributed by atoms with Crippen molar-refractivity contribution < 1.29 is 4.79 Å². The molecule has 0 spiro atoms. The van der Waals surface area contributed by atoms with Crippen LogP contribution in [0.1, 0.15) is 45.4 Å². The van der Waals surface area contributed by atoms with E-state index in [0.717, 1.165) is 12.8 Å². The van der Waals surface area contributed by atoms with E-state index in [2.05, 4.69) is 6.92 Å². The quantitative estimate of drug-likeness (QED) is 0.566. The maximum absolute atomic E-state index is 10.4. The highest BCUT2D eigenvalue weighted by atomic mass is 16.1. The van der Waals surface area contributed by atoms with E-state index in [1.54, 1.807) is 0 Å². The summed E-state index contributed by atoms with van der Waals surface area (Å²) >= 11 is 0. The molecule has 4 N–H and O–H groups in total. The summed E-state index contributed by atoms with van der Waals surface area (Å²) in [5.74, 6) is -0.294. The Kier molecular flexibility index (Phi) is 6.76. The van der Waals surface area contributed by atoms with Crippen molar-refractivity contribution in [2.45, 2.75) is 51.5 Å². The van der Waals surface area contributed by atoms with E-state index in [9.17, 15) is 4.79 Å². The SMILES string of the molecule is CCCCCC[C@H](N)CC(N)=O. The Morgan fingerprint density at radius 3 is 2.50 bits per heavy atom. The summed E-state index contributed by atoms with van der Waals surface area (Å²) in [4.78, 5) is 10.4. The first-order valence-corrected chi connectivity index (χ1v) is 4.70. The van der Waals surface area contributed by atoms with Crippen LogP contribution in [0.4, 0.5) is 0 Å². The fourth-order valence-electron chi connectivity index (χ4n) is 1.19. The number of primary amides is 1. The Hall–Kier alpha value is -0.570. The van der Waals surface area contributed by atoms with Crippen LogP contribution in [0.5, 0.6) is 0 Å². The second kappa shape index (κ2) is 7.10. The molecule has 12 heavy (non-hydrogen) atoms. The van der Waals surface area contributed by atoms with Crippen LogP contribution in [-0.4, -0.2) is 11.9 Å². The van der Waals surface area contributed by atoms with Gasteiger partial charge in [0.2, 0.25) is 5.91 Å². The van der Waals surface area contributed by atoms with Gasteiger partial charge in [-0.05, 0) is 6.42 Å². The lowest BCUT2D eigenvalue weighted by atomic mass is 10.1. The standard InChI is InChI=1S/C9H20N2O/c1-2-3-4-5-6-8(10)7-9(11)12/h8H,2-7,10H2,1H3,(H2,11,12)/t8-/m0/s1. The third kappa shape index (κ3) is 7.54. The first kappa shape index (κ1) is 11.4. The van der Waals surface area contributed by atoms with E-state index in [1.165, 1.54) is 19.3 Å². The summed E-state index contributed by atoms with van der Waals surface area (Å²) in [5, 5.41) is 0. The molecule has 0 aliphatic carbocycles. The molecule has 0 unspecified atom stereocenters. The zero-order valence-corrected chi connectivity index (χ0v) is 7.88. The van der Waals surface area contributed by atoms with Crippen molar-refractivity contribution in [1.29, 1.82) is 0 Å². The van der Waals surface area contributed by atoms with Gasteiger partial charge in [0, 0.05) is 12.5 Å². The van der Waals surface area contributed by atoms with Gasteiger partial charge in [-0.15, -0.1) is 0 Å². The topological polar surface area (TPSA) is 69.1 Å². The van der Waals surface area contributed by atoms with E-state index in [4.69, 9.17) is 11.5 Å². The lowest BCUT2D eigenvalue weighted by molar-refractivity contribution is -0.118. The molecule has 0 radical (unpaired) electrons. The van der Waals surface area contributed by atoms with Crippen LogP contribution in [0.3, 0.4) is 0 Å². The number of rotatable bonds is 7. The molecule has 0 aliphatic heterocycles. The molecule has 0 rings (SSSR count). The molecule has 1 amide bonds. The maximum Gasteiger partial charge on any atom is 0.218 e. The first-order chi connectivity index (χ1) is 5.66. The molecule has 1 atom stereocenters. The van der Waals surface area contributed by atoms with Gasteiger partial charge in [0.15, 0.2) is 0 Å². The number of unbranched alkanes of at least 4 members (excludes halogenated alkanes) is 3. The second-order valence-electron chi connectivity index (χ2n) is 3.28. The van der Waals surface area contributed by atoms with Gasteiger partial charge in [0.1, 0.15) is 0 Å². The summed E-state index contributed by atoms with van der Waals surface area (Å²) in [6, 6.07) is -0.0284. The van der Waals surface area contributed by atoms with Crippen LogP contribution in [0.2, 0.25) is 0 Å². The highest BCUT2D eigenvalue weighted by Gasteiger charge is 2.04. The zero-order chi connectivity index (χ0) is 9.40. The molecular formula is C9H20N2O. The Bertz CT molecular complexity index is 126. The number of carbonyl (C=O) groups excluding carboxylic acids is 1. The fraction of sp³-hybridized carbons (Fsp3) is 0.889. The van der Waals surface area contributed by atoms with Crippen LogP contribution >= 0.6 is 0 Å². The molecule has 3 nitrogen and oxygen atoms in total. The van der Waals surface area contributed by atoms with Crippen molar-refractivity contribution in [3.63, 3.8) is 0 Å². The smallest absolute Gasteiger partial charge is 0.218 e. The minimum atomic E-state index is -0.294. The Balaban J connectivity index is 3.19. The number of carbonyl (C=O) groups is 1. The molecule has 3 heteroatoms. The highest BCUT2D eigenvalue weighted by molar-refractivity contribution is 5.74. The summed E-state index contributed by atoms with van der Waals surface area (Å²) in [6.45, 7) is 2.17. The van der Waals surface area contributed by atoms with Crippen LogP contribution in [0.15, 0.2) is 0 Å². The molecule has 0 saturated carbocycles. The average Bonchev–Trinajstić information content (AvgIpc) is 1.97. The van der Waals surface area contributed by atoms with Crippen LogP contribution < -0.4 is 11.5 Å². The van der Waals surface area contributed by atoms with Gasteiger partial charge in [-0.2, -0.15) is 0 Å². The molecule has 0 aromatic rings. The second-order valence-corrected chi connectivity index (χ2v) is 3.28. The molecule has 0 aromatic heterocycles. The van der Waals surface area contributed by atoms with Gasteiger partial charge in [-0.1, -0.05) is 32.6 Å². The van der Waals surface area contributed by atoms with Gasteiger partial charge >= 0.3 is 0 Å². The van der Waals surface area contributed by atoms with Crippen molar-refractivity contribution in [2.24, 2.45) is 11.5 Å². The lowest BCUT2D eigenvalue weighted by Gasteiger charge is -2.07. The van der Waals surface area contributed by atoms with Gasteiger partial charge in [-0.3, -0.25) is 4.79 Å². The largest absolute Gasteiger partial charge is 0.370 e. The number of hydrogen-bond donors (Lipinski definition) is 2. The van der Waals surface area contributed by atoms with Crippen LogP contribution in [0.25, 0.3) is 0 Å². The summed E-state index contributed by atoms with van der Waals surface area (Å²) < 4.78 is 0. The monoisotopic (exact) mass is 172 g/mol. The van der Waals surface area contributed by atoms with Gasteiger partial charge in [-0.25, -0.2) is 0 Å². The first-order valence-electron chi connectivity index (χ1n) is 4.70. The lowest BCUT2D eigenvalue weighted by Crippen LogP contribution is -2.27. The number of amides is 1. The van der Waals surface area contributed by atoms with Crippen molar-refractivity contribution in [3.05, 3.63) is 0 Å². The number of hydrogen-bond acceptors (Lipinski definition) is 2. The van der Waals surface area contributed by atoms with E-state index in [0.29, 0.717) is 6.42 Å². The molecule has 0 aromatic carbocycles.